The summed E-state index contributed by atoms with van der Waals surface area (Å²) < 4.78 is 1.10. The van der Waals surface area contributed by atoms with Gasteiger partial charge in [-0.1, -0.05) is 36.4 Å². The number of nitrogens with zero attached hydrogens (tertiary/aromatic N) is 1. The van der Waals surface area contributed by atoms with E-state index in [4.69, 9.17) is 5.73 Å². The molecule has 1 atom stereocenters. The van der Waals surface area contributed by atoms with Crippen molar-refractivity contribution in [2.24, 2.45) is 5.73 Å². The molecule has 0 unspecified atom stereocenters. The lowest BCUT2D eigenvalue weighted by molar-refractivity contribution is 0.815. The second-order valence-corrected chi connectivity index (χ2v) is 6.01. The molecule has 0 bridgehead atoms. The van der Waals surface area contributed by atoms with Crippen molar-refractivity contribution >= 4 is 21.6 Å². The van der Waals surface area contributed by atoms with Crippen molar-refractivity contribution in [3.63, 3.8) is 0 Å². The molecule has 0 heterocycles. The standard InChI is InChI=1S/C17H21BrN2/c1-13(19)15-8-9-17(16(18)12-15)20(2)11-10-14-6-4-3-5-7-14/h3-9,12-13H,10-11,19H2,1-2H3/t13-/m0/s1. The van der Waals surface area contributed by atoms with Crippen molar-refractivity contribution in [2.75, 3.05) is 18.5 Å². The van der Waals surface area contributed by atoms with E-state index in [2.05, 4.69) is 76.4 Å². The molecule has 2 N–H and O–H groups in total. The first-order chi connectivity index (χ1) is 9.58. The van der Waals surface area contributed by atoms with Gasteiger partial charge >= 0.3 is 0 Å². The van der Waals surface area contributed by atoms with E-state index in [1.54, 1.807) is 0 Å². The Hall–Kier alpha value is -1.32. The molecule has 2 nitrogen and oxygen atoms in total. The van der Waals surface area contributed by atoms with Gasteiger partial charge in [-0.3, -0.25) is 0 Å². The van der Waals surface area contributed by atoms with Gasteiger partial charge in [0.25, 0.3) is 0 Å². The highest BCUT2D eigenvalue weighted by Gasteiger charge is 2.08. The summed E-state index contributed by atoms with van der Waals surface area (Å²) in [5, 5.41) is 0. The van der Waals surface area contributed by atoms with Crippen molar-refractivity contribution in [1.82, 2.24) is 0 Å². The van der Waals surface area contributed by atoms with Crippen molar-refractivity contribution < 1.29 is 0 Å². The van der Waals surface area contributed by atoms with Gasteiger partial charge in [0.2, 0.25) is 0 Å². The molecule has 2 rings (SSSR count). The molecule has 0 aromatic heterocycles. The van der Waals surface area contributed by atoms with Crippen LogP contribution >= 0.6 is 15.9 Å². The number of rotatable bonds is 5. The third kappa shape index (κ3) is 3.84. The van der Waals surface area contributed by atoms with Gasteiger partial charge in [-0.2, -0.15) is 0 Å². The Morgan fingerprint density at radius 1 is 1.15 bits per heavy atom. The van der Waals surface area contributed by atoms with Crippen LogP contribution in [0.1, 0.15) is 24.1 Å². The summed E-state index contributed by atoms with van der Waals surface area (Å²) in [6.07, 6.45) is 1.04. The Morgan fingerprint density at radius 3 is 2.45 bits per heavy atom. The van der Waals surface area contributed by atoms with Crippen LogP contribution in [0, 0.1) is 0 Å². The molecule has 0 fully saturated rings. The minimum Gasteiger partial charge on any atom is -0.373 e. The molecule has 106 valence electrons. The van der Waals surface area contributed by atoms with Crippen LogP contribution in [-0.2, 0) is 6.42 Å². The molecule has 0 aliphatic rings. The first-order valence-electron chi connectivity index (χ1n) is 6.88. The molecule has 2 aromatic rings. The Bertz CT molecular complexity index is 552. The minimum atomic E-state index is 0.0648. The molecule has 0 aliphatic heterocycles. The van der Waals surface area contributed by atoms with E-state index in [-0.39, 0.29) is 6.04 Å². The summed E-state index contributed by atoms with van der Waals surface area (Å²) in [6.45, 7) is 2.99. The lowest BCUT2D eigenvalue weighted by Crippen LogP contribution is -2.21. The average Bonchev–Trinajstić information content (AvgIpc) is 2.45. The minimum absolute atomic E-state index is 0.0648. The van der Waals surface area contributed by atoms with Crippen LogP contribution in [0.15, 0.2) is 53.0 Å². The van der Waals surface area contributed by atoms with E-state index in [1.165, 1.54) is 11.3 Å². The summed E-state index contributed by atoms with van der Waals surface area (Å²) in [4.78, 5) is 2.27. The van der Waals surface area contributed by atoms with E-state index >= 15 is 0 Å². The van der Waals surface area contributed by atoms with E-state index in [0.29, 0.717) is 0 Å². The van der Waals surface area contributed by atoms with E-state index in [0.717, 1.165) is 23.0 Å². The van der Waals surface area contributed by atoms with Gasteiger partial charge in [0, 0.05) is 24.1 Å². The van der Waals surface area contributed by atoms with Crippen molar-refractivity contribution in [3.8, 4) is 0 Å². The number of nitrogens with two attached hydrogens (primary N) is 1. The molecule has 2 aromatic carbocycles. The van der Waals surface area contributed by atoms with Gasteiger partial charge in [0.05, 0.1) is 5.69 Å². The van der Waals surface area contributed by atoms with Crippen LogP contribution in [0.2, 0.25) is 0 Å². The van der Waals surface area contributed by atoms with E-state index in [1.807, 2.05) is 6.92 Å². The largest absolute Gasteiger partial charge is 0.373 e. The Balaban J connectivity index is 2.04. The second-order valence-electron chi connectivity index (χ2n) is 5.16. The van der Waals surface area contributed by atoms with Crippen LogP contribution < -0.4 is 10.6 Å². The Labute approximate surface area is 129 Å². The number of benzene rings is 2. The maximum absolute atomic E-state index is 5.91. The van der Waals surface area contributed by atoms with Crippen LogP contribution in [0.4, 0.5) is 5.69 Å². The van der Waals surface area contributed by atoms with Crippen molar-refractivity contribution in [3.05, 3.63) is 64.1 Å². The van der Waals surface area contributed by atoms with E-state index in [9.17, 15) is 0 Å². The third-order valence-electron chi connectivity index (χ3n) is 3.49. The second kappa shape index (κ2) is 6.91. The molecule has 0 amide bonds. The monoisotopic (exact) mass is 332 g/mol. The predicted octanol–water partition coefficient (Wildman–Crippen LogP) is 4.15. The highest BCUT2D eigenvalue weighted by Crippen LogP contribution is 2.28. The molecule has 20 heavy (non-hydrogen) atoms. The number of hydrogen-bond donors (Lipinski definition) is 1. The molecule has 0 radical (unpaired) electrons. The maximum Gasteiger partial charge on any atom is 0.0508 e. The molecular weight excluding hydrogens is 312 g/mol. The third-order valence-corrected chi connectivity index (χ3v) is 4.12. The van der Waals surface area contributed by atoms with Gasteiger partial charge in [0.1, 0.15) is 0 Å². The normalized spacial score (nSPS) is 12.2. The van der Waals surface area contributed by atoms with E-state index < -0.39 is 0 Å². The van der Waals surface area contributed by atoms with Crippen molar-refractivity contribution in [1.29, 1.82) is 0 Å². The summed E-state index contributed by atoms with van der Waals surface area (Å²) in [7, 11) is 2.12. The van der Waals surface area contributed by atoms with Crippen LogP contribution in [-0.4, -0.2) is 13.6 Å². The van der Waals surface area contributed by atoms with Crippen LogP contribution in [0.25, 0.3) is 0 Å². The zero-order valence-corrected chi connectivity index (χ0v) is 13.6. The summed E-state index contributed by atoms with van der Waals surface area (Å²) in [5.74, 6) is 0. The van der Waals surface area contributed by atoms with Gasteiger partial charge < -0.3 is 10.6 Å². The molecule has 3 heteroatoms. The number of likely N-dealkylation sites (N-methyl/N-ethyl adjacent to an activating group) is 1. The average molecular weight is 333 g/mol. The number of halogens is 1. The number of anilines is 1. The summed E-state index contributed by atoms with van der Waals surface area (Å²) in [5.41, 5.74) is 9.62. The number of hydrogen-bond acceptors (Lipinski definition) is 2. The highest BCUT2D eigenvalue weighted by molar-refractivity contribution is 9.10. The quantitative estimate of drug-likeness (QED) is 0.891. The fourth-order valence-corrected chi connectivity index (χ4v) is 2.88. The molecular formula is C17H21BrN2. The highest BCUT2D eigenvalue weighted by atomic mass is 79.9. The predicted molar refractivity (Wildman–Crippen MR) is 90.2 cm³/mol. The molecule has 0 spiro atoms. The van der Waals surface area contributed by atoms with Gasteiger partial charge in [-0.25, -0.2) is 0 Å². The first-order valence-corrected chi connectivity index (χ1v) is 7.67. The molecule has 0 aliphatic carbocycles. The summed E-state index contributed by atoms with van der Waals surface area (Å²) in [6, 6.07) is 17.0. The fourth-order valence-electron chi connectivity index (χ4n) is 2.18. The lowest BCUT2D eigenvalue weighted by Gasteiger charge is -2.22. The van der Waals surface area contributed by atoms with Gasteiger partial charge in [-0.05, 0) is 52.5 Å². The fraction of sp³-hybridized carbons (Fsp3) is 0.294. The SMILES string of the molecule is C[C@H](N)c1ccc(N(C)CCc2ccccc2)c(Br)c1. The lowest BCUT2D eigenvalue weighted by atomic mass is 10.1. The zero-order chi connectivity index (χ0) is 14.5. The molecule has 0 saturated carbocycles. The Morgan fingerprint density at radius 2 is 1.85 bits per heavy atom. The van der Waals surface area contributed by atoms with Crippen molar-refractivity contribution in [2.45, 2.75) is 19.4 Å². The smallest absolute Gasteiger partial charge is 0.0508 e. The maximum atomic E-state index is 5.91. The first kappa shape index (κ1) is 15.1. The van der Waals surface area contributed by atoms with Crippen LogP contribution in [0.3, 0.4) is 0 Å². The Kier molecular flexibility index (Phi) is 5.21. The topological polar surface area (TPSA) is 29.3 Å². The van der Waals surface area contributed by atoms with Crippen LogP contribution in [0.5, 0.6) is 0 Å². The summed E-state index contributed by atoms with van der Waals surface area (Å²) >= 11 is 3.65. The van der Waals surface area contributed by atoms with Gasteiger partial charge in [0.15, 0.2) is 0 Å². The molecule has 0 saturated heterocycles. The zero-order valence-electron chi connectivity index (χ0n) is 12.0. The van der Waals surface area contributed by atoms with Gasteiger partial charge in [-0.15, -0.1) is 0 Å².